The Morgan fingerprint density at radius 2 is 1.73 bits per heavy atom. The number of carbonyl (C=O) groups excluding carboxylic acids is 3. The topological polar surface area (TPSA) is 66.5 Å². The summed E-state index contributed by atoms with van der Waals surface area (Å²) in [5, 5.41) is 3.33. The number of nitrogens with zero attached hydrogens (tertiary/aromatic N) is 1. The summed E-state index contributed by atoms with van der Waals surface area (Å²) in [6.45, 7) is 2.10. The Morgan fingerprint density at radius 3 is 2.38 bits per heavy atom. The number of imide groups is 1. The van der Waals surface area contributed by atoms with Gasteiger partial charge in [-0.05, 0) is 42.5 Å². The van der Waals surface area contributed by atoms with Gasteiger partial charge in [0, 0.05) is 22.9 Å². The molecule has 1 N–H and O–H groups in total. The van der Waals surface area contributed by atoms with E-state index in [9.17, 15) is 14.4 Å². The van der Waals surface area contributed by atoms with E-state index < -0.39 is 5.91 Å². The average Bonchev–Trinajstić information content (AvgIpc) is 3.17. The molecule has 2 amide bonds. The first-order chi connectivity index (χ1) is 12.6. The molecule has 0 spiro atoms. The van der Waals surface area contributed by atoms with Crippen LogP contribution in [0, 0.1) is 5.92 Å². The van der Waals surface area contributed by atoms with Gasteiger partial charge in [-0.25, -0.2) is 4.90 Å². The Morgan fingerprint density at radius 1 is 1.00 bits per heavy atom. The second-order valence-corrected chi connectivity index (χ2v) is 6.34. The highest BCUT2D eigenvalue weighted by Gasteiger charge is 2.36. The van der Waals surface area contributed by atoms with Crippen LogP contribution in [0.3, 0.4) is 0 Å². The SMILES string of the molecule is CC1C=CC=C1Nc1ccc(N2C(=O)c3ccc(C=O)cc3C2=O)cc1. The van der Waals surface area contributed by atoms with Crippen molar-refractivity contribution in [1.29, 1.82) is 0 Å². The minimum atomic E-state index is -0.411. The fraction of sp³-hybridized carbons (Fsp3) is 0.0952. The largest absolute Gasteiger partial charge is 0.358 e. The maximum Gasteiger partial charge on any atom is 0.266 e. The number of fused-ring (bicyclic) bond motifs is 1. The minimum absolute atomic E-state index is 0.262. The standard InChI is InChI=1S/C21H16N2O3/c1-13-3-2-4-19(13)22-15-6-8-16(9-7-15)23-20(25)17-10-5-14(12-24)11-18(17)21(23)26/h2-13,22H,1H3. The highest BCUT2D eigenvalue weighted by atomic mass is 16.2. The third kappa shape index (κ3) is 2.54. The van der Waals surface area contributed by atoms with E-state index in [1.807, 2.05) is 24.3 Å². The number of carbonyl (C=O) groups is 3. The maximum absolute atomic E-state index is 12.6. The van der Waals surface area contributed by atoms with Crippen molar-refractivity contribution in [2.75, 3.05) is 10.2 Å². The first-order valence-electron chi connectivity index (χ1n) is 8.32. The number of nitrogens with one attached hydrogen (secondary N) is 1. The van der Waals surface area contributed by atoms with Gasteiger partial charge in [-0.2, -0.15) is 0 Å². The van der Waals surface area contributed by atoms with Crippen molar-refractivity contribution in [2.45, 2.75) is 6.92 Å². The molecule has 2 aromatic carbocycles. The molecule has 1 aliphatic carbocycles. The fourth-order valence-electron chi connectivity index (χ4n) is 3.16. The number of rotatable bonds is 4. The summed E-state index contributed by atoms with van der Waals surface area (Å²) in [4.78, 5) is 37.3. The molecule has 4 rings (SSSR count). The lowest BCUT2D eigenvalue weighted by atomic mass is 10.1. The van der Waals surface area contributed by atoms with Crippen LogP contribution in [-0.2, 0) is 0 Å². The van der Waals surface area contributed by atoms with E-state index in [-0.39, 0.29) is 11.5 Å². The summed E-state index contributed by atoms with van der Waals surface area (Å²) in [6, 6.07) is 11.7. The molecule has 0 fully saturated rings. The van der Waals surface area contributed by atoms with Crippen molar-refractivity contribution < 1.29 is 14.4 Å². The van der Waals surface area contributed by atoms with Crippen LogP contribution in [0.2, 0.25) is 0 Å². The zero-order valence-corrected chi connectivity index (χ0v) is 14.1. The molecular formula is C21H16N2O3. The van der Waals surface area contributed by atoms with Crippen LogP contribution in [0.5, 0.6) is 0 Å². The van der Waals surface area contributed by atoms with Crippen molar-refractivity contribution in [2.24, 2.45) is 5.92 Å². The Hall–Kier alpha value is -3.47. The van der Waals surface area contributed by atoms with Crippen molar-refractivity contribution in [1.82, 2.24) is 0 Å². The molecule has 2 aromatic rings. The number of benzene rings is 2. The quantitative estimate of drug-likeness (QED) is 0.677. The first kappa shape index (κ1) is 16.0. The summed E-state index contributed by atoms with van der Waals surface area (Å²) in [7, 11) is 0. The summed E-state index contributed by atoms with van der Waals surface area (Å²) >= 11 is 0. The molecule has 1 atom stereocenters. The smallest absolute Gasteiger partial charge is 0.266 e. The van der Waals surface area contributed by atoms with Gasteiger partial charge in [0.05, 0.1) is 16.8 Å². The third-order valence-corrected chi connectivity index (χ3v) is 4.63. The van der Waals surface area contributed by atoms with Gasteiger partial charge in [0.2, 0.25) is 0 Å². The van der Waals surface area contributed by atoms with Crippen molar-refractivity contribution in [3.8, 4) is 0 Å². The van der Waals surface area contributed by atoms with Gasteiger partial charge >= 0.3 is 0 Å². The predicted octanol–water partition coefficient (Wildman–Crippen LogP) is 3.80. The van der Waals surface area contributed by atoms with Crippen LogP contribution in [0.15, 0.2) is 66.4 Å². The maximum atomic E-state index is 12.6. The van der Waals surface area contributed by atoms with Gasteiger partial charge < -0.3 is 5.32 Å². The molecule has 0 radical (unpaired) electrons. The third-order valence-electron chi connectivity index (χ3n) is 4.63. The second-order valence-electron chi connectivity index (χ2n) is 6.34. The molecule has 5 heteroatoms. The van der Waals surface area contributed by atoms with E-state index in [0.29, 0.717) is 29.0 Å². The second kappa shape index (κ2) is 6.11. The van der Waals surface area contributed by atoms with E-state index in [1.165, 1.54) is 18.2 Å². The zero-order valence-electron chi connectivity index (χ0n) is 14.1. The Labute approximate surface area is 150 Å². The Bertz CT molecular complexity index is 987. The number of amides is 2. The van der Waals surface area contributed by atoms with Gasteiger partial charge in [-0.3, -0.25) is 14.4 Å². The Balaban J connectivity index is 1.59. The number of aldehydes is 1. The summed E-state index contributed by atoms with van der Waals surface area (Å²) < 4.78 is 0. The lowest BCUT2D eigenvalue weighted by molar-refractivity contribution is 0.0926. The van der Waals surface area contributed by atoms with Crippen molar-refractivity contribution in [3.63, 3.8) is 0 Å². The highest BCUT2D eigenvalue weighted by Crippen LogP contribution is 2.30. The van der Waals surface area contributed by atoms with Crippen molar-refractivity contribution in [3.05, 3.63) is 83.1 Å². The van der Waals surface area contributed by atoms with Crippen LogP contribution in [0.25, 0.3) is 0 Å². The summed E-state index contributed by atoms with van der Waals surface area (Å²) in [6.07, 6.45) is 6.79. The first-order valence-corrected chi connectivity index (χ1v) is 8.32. The highest BCUT2D eigenvalue weighted by molar-refractivity contribution is 6.34. The van der Waals surface area contributed by atoms with Gasteiger partial charge in [-0.15, -0.1) is 0 Å². The van der Waals surface area contributed by atoms with E-state index in [0.717, 1.165) is 16.3 Å². The normalized spacial score (nSPS) is 18.1. The van der Waals surface area contributed by atoms with Crippen molar-refractivity contribution >= 4 is 29.5 Å². The van der Waals surface area contributed by atoms with Crippen LogP contribution in [0.1, 0.15) is 38.0 Å². The molecule has 1 heterocycles. The fourth-order valence-corrected chi connectivity index (χ4v) is 3.16. The van der Waals surface area contributed by atoms with Gasteiger partial charge in [0.15, 0.2) is 0 Å². The van der Waals surface area contributed by atoms with Gasteiger partial charge in [0.1, 0.15) is 6.29 Å². The molecule has 2 aliphatic rings. The molecule has 5 nitrogen and oxygen atoms in total. The molecule has 1 aliphatic heterocycles. The molecule has 0 aromatic heterocycles. The molecule has 0 saturated heterocycles. The van der Waals surface area contributed by atoms with Crippen LogP contribution < -0.4 is 10.2 Å². The monoisotopic (exact) mass is 344 g/mol. The minimum Gasteiger partial charge on any atom is -0.358 e. The number of anilines is 2. The summed E-state index contributed by atoms with van der Waals surface area (Å²) in [5.41, 5.74) is 3.44. The molecule has 26 heavy (non-hydrogen) atoms. The summed E-state index contributed by atoms with van der Waals surface area (Å²) in [5.74, 6) is -0.455. The molecular weight excluding hydrogens is 328 g/mol. The lowest BCUT2D eigenvalue weighted by Gasteiger charge is -2.16. The molecule has 0 saturated carbocycles. The van der Waals surface area contributed by atoms with Crippen LogP contribution in [0.4, 0.5) is 11.4 Å². The van der Waals surface area contributed by atoms with Gasteiger partial charge in [0.25, 0.3) is 11.8 Å². The lowest BCUT2D eigenvalue weighted by Crippen LogP contribution is -2.29. The number of allylic oxidation sites excluding steroid dienone is 3. The van der Waals surface area contributed by atoms with Gasteiger partial charge in [-0.1, -0.05) is 25.1 Å². The van der Waals surface area contributed by atoms with E-state index >= 15 is 0 Å². The van der Waals surface area contributed by atoms with E-state index in [1.54, 1.807) is 12.1 Å². The van der Waals surface area contributed by atoms with E-state index in [4.69, 9.17) is 0 Å². The zero-order chi connectivity index (χ0) is 18.3. The average molecular weight is 344 g/mol. The predicted molar refractivity (Wildman–Crippen MR) is 99.4 cm³/mol. The van der Waals surface area contributed by atoms with Crippen LogP contribution >= 0.6 is 0 Å². The number of hydrogen-bond acceptors (Lipinski definition) is 4. The number of hydrogen-bond donors (Lipinski definition) is 1. The molecule has 128 valence electrons. The van der Waals surface area contributed by atoms with E-state index in [2.05, 4.69) is 18.3 Å². The van der Waals surface area contributed by atoms with Crippen LogP contribution in [-0.4, -0.2) is 18.1 Å². The molecule has 1 unspecified atom stereocenters. The Kier molecular flexibility index (Phi) is 3.77. The molecule has 0 bridgehead atoms.